The first-order chi connectivity index (χ1) is 15.2. The highest BCUT2D eigenvalue weighted by atomic mass is 32.2. The predicted molar refractivity (Wildman–Crippen MR) is 127 cm³/mol. The van der Waals surface area contributed by atoms with Crippen LogP contribution in [-0.4, -0.2) is 46.9 Å². The maximum absolute atomic E-state index is 12.8. The Balaban J connectivity index is 1.69. The summed E-state index contributed by atoms with van der Waals surface area (Å²) in [4.78, 5) is 12.8. The van der Waals surface area contributed by atoms with Crippen LogP contribution in [0.2, 0.25) is 0 Å². The van der Waals surface area contributed by atoms with Crippen molar-refractivity contribution in [3.8, 4) is 11.5 Å². The zero-order chi connectivity index (χ0) is 23.3. The summed E-state index contributed by atoms with van der Waals surface area (Å²) in [6.07, 6.45) is 1.07. The molecule has 0 saturated heterocycles. The molecule has 0 aliphatic carbocycles. The summed E-state index contributed by atoms with van der Waals surface area (Å²) in [5.74, 6) is 0.674. The van der Waals surface area contributed by atoms with Gasteiger partial charge in [-0.15, -0.1) is 0 Å². The van der Waals surface area contributed by atoms with E-state index in [1.165, 1.54) is 7.11 Å². The van der Waals surface area contributed by atoms with Crippen LogP contribution in [0.15, 0.2) is 60.7 Å². The zero-order valence-corrected chi connectivity index (χ0v) is 19.5. The highest BCUT2D eigenvalue weighted by molar-refractivity contribution is 7.92. The van der Waals surface area contributed by atoms with E-state index in [0.717, 1.165) is 32.6 Å². The lowest BCUT2D eigenvalue weighted by molar-refractivity contribution is -0.121. The molecule has 3 aromatic carbocycles. The van der Waals surface area contributed by atoms with Gasteiger partial charge in [0, 0.05) is 5.39 Å². The number of carbonyl (C=O) groups excluding carboxylic acids is 1. The number of rotatable bonds is 9. The molecule has 1 amide bonds. The molecule has 0 radical (unpaired) electrons. The monoisotopic (exact) mass is 456 g/mol. The summed E-state index contributed by atoms with van der Waals surface area (Å²) in [5.41, 5.74) is 1.18. The second-order valence-corrected chi connectivity index (χ2v) is 9.39. The molecular weight excluding hydrogens is 428 g/mol. The van der Waals surface area contributed by atoms with Crippen molar-refractivity contribution in [1.82, 2.24) is 5.32 Å². The lowest BCUT2D eigenvalue weighted by atomic mass is 10.1. The van der Waals surface area contributed by atoms with Gasteiger partial charge in [0.25, 0.3) is 0 Å². The van der Waals surface area contributed by atoms with Crippen LogP contribution in [0.3, 0.4) is 0 Å². The minimum atomic E-state index is -3.75. The van der Waals surface area contributed by atoms with E-state index in [1.807, 2.05) is 55.5 Å². The number of aryl methyl sites for hydroxylation is 1. The van der Waals surface area contributed by atoms with Crippen molar-refractivity contribution in [1.29, 1.82) is 0 Å². The van der Waals surface area contributed by atoms with Crippen molar-refractivity contribution in [2.45, 2.75) is 19.9 Å². The lowest BCUT2D eigenvalue weighted by Gasteiger charge is -2.29. The smallest absolute Gasteiger partial charge is 0.243 e. The van der Waals surface area contributed by atoms with Crippen molar-refractivity contribution in [3.05, 3.63) is 66.2 Å². The number of nitrogens with one attached hydrogen (secondary N) is 1. The first-order valence-corrected chi connectivity index (χ1v) is 12.1. The molecule has 0 spiro atoms. The average Bonchev–Trinajstić information content (AvgIpc) is 2.76. The molecule has 170 valence electrons. The molecule has 32 heavy (non-hydrogen) atoms. The minimum Gasteiger partial charge on any atom is -0.495 e. The molecule has 0 unspecified atom stereocenters. The second kappa shape index (κ2) is 9.91. The number of benzene rings is 3. The molecule has 1 atom stereocenters. The van der Waals surface area contributed by atoms with Gasteiger partial charge in [-0.2, -0.15) is 0 Å². The number of amides is 1. The summed E-state index contributed by atoms with van der Waals surface area (Å²) in [6.45, 7) is 3.87. The Labute approximate surface area is 189 Å². The van der Waals surface area contributed by atoms with Crippen LogP contribution in [-0.2, 0) is 14.8 Å². The summed E-state index contributed by atoms with van der Waals surface area (Å²) >= 11 is 0. The Hall–Kier alpha value is -3.26. The van der Waals surface area contributed by atoms with Crippen LogP contribution in [0.1, 0.15) is 12.5 Å². The number of methoxy groups -OCH3 is 1. The van der Waals surface area contributed by atoms with Crippen molar-refractivity contribution >= 4 is 32.4 Å². The normalized spacial score (nSPS) is 12.2. The van der Waals surface area contributed by atoms with E-state index in [0.29, 0.717) is 11.4 Å². The Kier molecular flexibility index (Phi) is 7.25. The number of fused-ring (bicyclic) bond motifs is 1. The van der Waals surface area contributed by atoms with Gasteiger partial charge in [0.2, 0.25) is 15.9 Å². The van der Waals surface area contributed by atoms with E-state index in [9.17, 15) is 13.2 Å². The topological polar surface area (TPSA) is 84.9 Å². The van der Waals surface area contributed by atoms with Crippen LogP contribution >= 0.6 is 0 Å². The summed E-state index contributed by atoms with van der Waals surface area (Å²) in [6, 6.07) is 17.9. The quantitative estimate of drug-likeness (QED) is 0.498. The molecule has 0 bridgehead atoms. The number of nitrogens with zero attached hydrogens (tertiary/aromatic N) is 1. The second-order valence-electron chi connectivity index (χ2n) is 7.53. The number of hydrogen-bond acceptors (Lipinski definition) is 5. The molecule has 0 aromatic heterocycles. The van der Waals surface area contributed by atoms with Crippen LogP contribution in [0.4, 0.5) is 5.69 Å². The van der Waals surface area contributed by atoms with Crippen molar-refractivity contribution in [2.24, 2.45) is 0 Å². The Morgan fingerprint density at radius 1 is 1.06 bits per heavy atom. The van der Waals surface area contributed by atoms with E-state index >= 15 is 0 Å². The molecule has 8 heteroatoms. The molecule has 0 aliphatic rings. The van der Waals surface area contributed by atoms with Gasteiger partial charge in [0.05, 0.1) is 25.6 Å². The highest BCUT2D eigenvalue weighted by Crippen LogP contribution is 2.32. The minimum absolute atomic E-state index is 0.231. The van der Waals surface area contributed by atoms with E-state index in [4.69, 9.17) is 9.47 Å². The largest absolute Gasteiger partial charge is 0.495 e. The van der Waals surface area contributed by atoms with Crippen LogP contribution in [0.25, 0.3) is 10.8 Å². The van der Waals surface area contributed by atoms with E-state index < -0.39 is 22.0 Å². The number of hydrogen-bond donors (Lipinski definition) is 1. The lowest BCUT2D eigenvalue weighted by Crippen LogP contribution is -2.48. The number of ether oxygens (including phenoxy) is 2. The highest BCUT2D eigenvalue weighted by Gasteiger charge is 2.31. The van der Waals surface area contributed by atoms with Gasteiger partial charge in [0.15, 0.2) is 0 Å². The van der Waals surface area contributed by atoms with E-state index in [2.05, 4.69) is 5.32 Å². The fourth-order valence-corrected chi connectivity index (χ4v) is 4.73. The Morgan fingerprint density at radius 3 is 2.50 bits per heavy atom. The van der Waals surface area contributed by atoms with Gasteiger partial charge >= 0.3 is 0 Å². The van der Waals surface area contributed by atoms with Crippen LogP contribution < -0.4 is 19.1 Å². The third kappa shape index (κ3) is 5.31. The van der Waals surface area contributed by atoms with Crippen molar-refractivity contribution in [3.63, 3.8) is 0 Å². The molecule has 7 nitrogen and oxygen atoms in total. The SMILES string of the molecule is COc1ccc(C)cc1N([C@H](C)C(=O)NCCOc1cccc2ccccc12)S(C)(=O)=O. The summed E-state index contributed by atoms with van der Waals surface area (Å²) < 4.78 is 37.4. The van der Waals surface area contributed by atoms with Crippen LogP contribution in [0, 0.1) is 6.92 Å². The molecule has 0 saturated carbocycles. The van der Waals surface area contributed by atoms with Crippen molar-refractivity contribution in [2.75, 3.05) is 30.8 Å². The van der Waals surface area contributed by atoms with Gasteiger partial charge in [-0.05, 0) is 43.0 Å². The van der Waals surface area contributed by atoms with Gasteiger partial charge in [-0.1, -0.05) is 42.5 Å². The predicted octanol–water partition coefficient (Wildman–Crippen LogP) is 3.51. The van der Waals surface area contributed by atoms with Crippen molar-refractivity contribution < 1.29 is 22.7 Å². The molecular formula is C24H28N2O5S. The number of sulfonamides is 1. The van der Waals surface area contributed by atoms with E-state index in [1.54, 1.807) is 19.1 Å². The first-order valence-electron chi connectivity index (χ1n) is 10.2. The standard InChI is InChI=1S/C24H28N2O5S/c1-17-12-13-23(30-3)21(16-17)26(32(4,28)29)18(2)24(27)25-14-15-31-22-11-7-9-19-8-5-6-10-20(19)22/h5-13,16,18H,14-15H2,1-4H3,(H,25,27)/t18-/m1/s1. The molecule has 3 aromatic rings. The van der Waals surface area contributed by atoms with Gasteiger partial charge in [-0.25, -0.2) is 8.42 Å². The summed E-state index contributed by atoms with van der Waals surface area (Å²) in [5, 5.41) is 4.82. The maximum Gasteiger partial charge on any atom is 0.243 e. The molecule has 1 N–H and O–H groups in total. The first kappa shape index (κ1) is 23.4. The Morgan fingerprint density at radius 2 is 1.78 bits per heavy atom. The molecule has 0 heterocycles. The van der Waals surface area contributed by atoms with Gasteiger partial charge < -0.3 is 14.8 Å². The number of carbonyl (C=O) groups is 1. The molecule has 3 rings (SSSR count). The molecule has 0 aliphatic heterocycles. The van der Waals surface area contributed by atoms with E-state index in [-0.39, 0.29) is 13.2 Å². The molecule has 0 fully saturated rings. The van der Waals surface area contributed by atoms with Gasteiger partial charge in [0.1, 0.15) is 24.1 Å². The zero-order valence-electron chi connectivity index (χ0n) is 18.7. The maximum atomic E-state index is 12.8. The fraction of sp³-hybridized carbons (Fsp3) is 0.292. The number of anilines is 1. The fourth-order valence-electron chi connectivity index (χ4n) is 3.56. The third-order valence-electron chi connectivity index (χ3n) is 5.07. The Bertz CT molecular complexity index is 1200. The third-order valence-corrected chi connectivity index (χ3v) is 6.30. The average molecular weight is 457 g/mol. The van der Waals surface area contributed by atoms with Crippen LogP contribution in [0.5, 0.6) is 11.5 Å². The van der Waals surface area contributed by atoms with Gasteiger partial charge in [-0.3, -0.25) is 9.10 Å². The summed E-state index contributed by atoms with van der Waals surface area (Å²) in [7, 11) is -2.29.